The maximum absolute atomic E-state index is 11.7. The number of hydrogen-bond donors (Lipinski definition) is 4. The van der Waals surface area contributed by atoms with E-state index in [-0.39, 0.29) is 18.8 Å². The average Bonchev–Trinajstić information content (AvgIpc) is 3.25. The summed E-state index contributed by atoms with van der Waals surface area (Å²) >= 11 is 0. The van der Waals surface area contributed by atoms with Gasteiger partial charge in [-0.25, -0.2) is 4.79 Å². The molecule has 4 N–H and O–H groups in total. The minimum Gasteiger partial charge on any atom is -0.482 e. The zero-order valence-corrected chi connectivity index (χ0v) is 17.2. The van der Waals surface area contributed by atoms with Gasteiger partial charge in [0.15, 0.2) is 17.5 Å². The fourth-order valence-electron chi connectivity index (χ4n) is 3.48. The van der Waals surface area contributed by atoms with Crippen molar-refractivity contribution in [1.82, 2.24) is 0 Å². The molecule has 1 aliphatic rings. The lowest BCUT2D eigenvalue weighted by Gasteiger charge is -2.39. The summed E-state index contributed by atoms with van der Waals surface area (Å²) in [6, 6.07) is 6.59. The normalized spacial score (nSPS) is 26.7. The van der Waals surface area contributed by atoms with Crippen LogP contribution >= 0.6 is 0 Å². The zero-order valence-electron chi connectivity index (χ0n) is 17.2. The number of aliphatic hydroxyl groups is 4. The molecule has 32 heavy (non-hydrogen) atoms. The number of ether oxygens (including phenoxy) is 3. The Morgan fingerprint density at radius 1 is 1.09 bits per heavy atom. The van der Waals surface area contributed by atoms with Crippen LogP contribution < -0.4 is 10.4 Å². The molecule has 172 valence electrons. The summed E-state index contributed by atoms with van der Waals surface area (Å²) in [6.45, 7) is 1.37. The highest BCUT2D eigenvalue weighted by Crippen LogP contribution is 2.35. The summed E-state index contributed by atoms with van der Waals surface area (Å²) in [5, 5.41) is 40.4. The number of benzene rings is 1. The smallest absolute Gasteiger partial charge is 0.336 e. The van der Waals surface area contributed by atoms with Gasteiger partial charge in [-0.2, -0.15) is 0 Å². The lowest BCUT2D eigenvalue weighted by molar-refractivity contribution is -0.299. The van der Waals surface area contributed by atoms with E-state index in [0.29, 0.717) is 16.7 Å². The van der Waals surface area contributed by atoms with Crippen LogP contribution in [0.2, 0.25) is 0 Å². The summed E-state index contributed by atoms with van der Waals surface area (Å²) in [4.78, 5) is 11.7. The third-order valence-corrected chi connectivity index (χ3v) is 5.27. The molecule has 1 aromatic carbocycles. The lowest BCUT2D eigenvalue weighted by atomic mass is 9.99. The third-order valence-electron chi connectivity index (χ3n) is 5.27. The van der Waals surface area contributed by atoms with Crippen molar-refractivity contribution in [2.45, 2.75) is 37.6 Å². The molecule has 3 heterocycles. The second-order valence-corrected chi connectivity index (χ2v) is 7.59. The highest BCUT2D eigenvalue weighted by Gasteiger charge is 2.43. The van der Waals surface area contributed by atoms with Crippen molar-refractivity contribution in [2.24, 2.45) is 0 Å². The molecule has 0 bridgehead atoms. The minimum absolute atomic E-state index is 0.0346. The monoisotopic (exact) mass is 448 g/mol. The number of aliphatic hydroxyl groups excluding tert-OH is 4. The molecule has 1 saturated heterocycles. The third kappa shape index (κ3) is 4.42. The van der Waals surface area contributed by atoms with Crippen molar-refractivity contribution in [2.75, 3.05) is 19.8 Å². The Morgan fingerprint density at radius 3 is 2.66 bits per heavy atom. The van der Waals surface area contributed by atoms with Crippen LogP contribution in [0.4, 0.5) is 0 Å². The molecule has 2 aromatic heterocycles. The van der Waals surface area contributed by atoms with Crippen molar-refractivity contribution in [1.29, 1.82) is 0 Å². The first-order chi connectivity index (χ1) is 15.4. The van der Waals surface area contributed by atoms with E-state index < -0.39 is 42.9 Å². The number of rotatable bonds is 7. The van der Waals surface area contributed by atoms with Crippen LogP contribution in [0, 0.1) is 0 Å². The van der Waals surface area contributed by atoms with Gasteiger partial charge < -0.3 is 43.5 Å². The molecule has 0 aliphatic carbocycles. The van der Waals surface area contributed by atoms with E-state index in [1.165, 1.54) is 12.3 Å². The second-order valence-electron chi connectivity index (χ2n) is 7.59. The predicted molar refractivity (Wildman–Crippen MR) is 111 cm³/mol. The van der Waals surface area contributed by atoms with Crippen molar-refractivity contribution in [3.8, 4) is 5.75 Å². The Hall–Kier alpha value is -2.73. The van der Waals surface area contributed by atoms with Gasteiger partial charge in [-0.15, -0.1) is 0 Å². The molecule has 4 rings (SSSR count). The Kier molecular flexibility index (Phi) is 6.60. The summed E-state index contributed by atoms with van der Waals surface area (Å²) in [5.74, 6) is 0.305. The van der Waals surface area contributed by atoms with E-state index in [1.807, 2.05) is 6.07 Å². The zero-order chi connectivity index (χ0) is 22.8. The van der Waals surface area contributed by atoms with Crippen LogP contribution in [0.25, 0.3) is 21.9 Å². The predicted octanol–water partition coefficient (Wildman–Crippen LogP) is 0.681. The van der Waals surface area contributed by atoms with Gasteiger partial charge in [-0.3, -0.25) is 0 Å². The molecule has 0 radical (unpaired) electrons. The van der Waals surface area contributed by atoms with Gasteiger partial charge in [-0.05, 0) is 36.8 Å². The van der Waals surface area contributed by atoms with Crippen LogP contribution in [0.15, 0.2) is 55.8 Å². The first-order valence-electron chi connectivity index (χ1n) is 10.0. The van der Waals surface area contributed by atoms with Gasteiger partial charge >= 0.3 is 5.63 Å². The molecule has 0 amide bonds. The van der Waals surface area contributed by atoms with Gasteiger partial charge in [0, 0.05) is 16.8 Å². The van der Waals surface area contributed by atoms with Crippen LogP contribution in [0.3, 0.4) is 0 Å². The minimum atomic E-state index is -1.50. The Morgan fingerprint density at radius 2 is 1.88 bits per heavy atom. The van der Waals surface area contributed by atoms with Gasteiger partial charge in [0.05, 0.1) is 19.5 Å². The van der Waals surface area contributed by atoms with Crippen LogP contribution in [-0.2, 0) is 9.47 Å². The fraction of sp³-hybridized carbons (Fsp3) is 0.409. The molecule has 0 unspecified atom stereocenters. The van der Waals surface area contributed by atoms with Crippen molar-refractivity contribution >= 4 is 21.9 Å². The Balaban J connectivity index is 1.43. The molecule has 0 saturated carbocycles. The van der Waals surface area contributed by atoms with Crippen molar-refractivity contribution in [3.63, 3.8) is 0 Å². The molecule has 10 nitrogen and oxygen atoms in total. The first kappa shape index (κ1) is 22.5. The van der Waals surface area contributed by atoms with Crippen LogP contribution in [0.5, 0.6) is 5.75 Å². The van der Waals surface area contributed by atoms with Gasteiger partial charge in [0.1, 0.15) is 31.0 Å². The quantitative estimate of drug-likeness (QED) is 0.300. The summed E-state index contributed by atoms with van der Waals surface area (Å²) in [6.07, 6.45) is -3.44. The van der Waals surface area contributed by atoms with E-state index >= 15 is 0 Å². The number of hydrogen-bond acceptors (Lipinski definition) is 10. The number of fused-ring (bicyclic) bond motifs is 2. The standard InChI is InChI=1S/C22H24O10/c1-11(10-30-22-18(27)17(26)16(25)14(9-23)31-22)4-6-29-21-19-13(5-7-28-19)8-12-2-3-15(24)32-20(12)21/h2-5,7-8,14,16-18,22-23,25-27H,6,9-10H2,1H3/b11-4-/t14-,16-,17+,18-,22-/m1/s1. The maximum atomic E-state index is 11.7. The molecule has 1 fully saturated rings. The molecule has 3 aromatic rings. The molecule has 0 spiro atoms. The molecular weight excluding hydrogens is 424 g/mol. The maximum Gasteiger partial charge on any atom is 0.336 e. The largest absolute Gasteiger partial charge is 0.482 e. The molecular formula is C22H24O10. The second kappa shape index (κ2) is 9.41. The van der Waals surface area contributed by atoms with Crippen molar-refractivity contribution in [3.05, 3.63) is 52.6 Å². The van der Waals surface area contributed by atoms with E-state index in [1.54, 1.807) is 25.1 Å². The highest BCUT2D eigenvalue weighted by atomic mass is 16.7. The summed E-state index contributed by atoms with van der Waals surface area (Å²) in [5.41, 5.74) is 0.950. The molecule has 1 aliphatic heterocycles. The van der Waals surface area contributed by atoms with E-state index in [0.717, 1.165) is 11.0 Å². The van der Waals surface area contributed by atoms with E-state index in [2.05, 4.69) is 0 Å². The Bertz CT molecular complexity index is 1160. The molecule has 10 heteroatoms. The highest BCUT2D eigenvalue weighted by molar-refractivity contribution is 5.99. The van der Waals surface area contributed by atoms with E-state index in [4.69, 9.17) is 23.0 Å². The average molecular weight is 448 g/mol. The summed E-state index contributed by atoms with van der Waals surface area (Å²) < 4.78 is 27.5. The van der Waals surface area contributed by atoms with Gasteiger partial charge in [-0.1, -0.05) is 0 Å². The van der Waals surface area contributed by atoms with E-state index in [9.17, 15) is 25.2 Å². The topological polar surface area (TPSA) is 152 Å². The fourth-order valence-corrected chi connectivity index (χ4v) is 3.48. The van der Waals surface area contributed by atoms with Gasteiger partial charge in [0.25, 0.3) is 0 Å². The Labute approximate surface area is 181 Å². The van der Waals surface area contributed by atoms with Crippen LogP contribution in [-0.4, -0.2) is 71.0 Å². The lowest BCUT2D eigenvalue weighted by Crippen LogP contribution is -2.59. The first-order valence-corrected chi connectivity index (χ1v) is 10.0. The molecule has 5 atom stereocenters. The van der Waals surface area contributed by atoms with Gasteiger partial charge in [0.2, 0.25) is 5.75 Å². The van der Waals surface area contributed by atoms with Crippen LogP contribution in [0.1, 0.15) is 6.92 Å². The number of furan rings is 1. The van der Waals surface area contributed by atoms with Crippen molar-refractivity contribution < 1.29 is 43.5 Å². The SMILES string of the molecule is C/C(=C/COc1c2occc2cc2ccc(=O)oc12)CO[C@@H]1O[C@H](CO)[C@@H](O)[C@H](O)[C@H]1O. The summed E-state index contributed by atoms with van der Waals surface area (Å²) in [7, 11) is 0.